The lowest BCUT2D eigenvalue weighted by Gasteiger charge is -2.18. The molecule has 18 heavy (non-hydrogen) atoms. The van der Waals surface area contributed by atoms with E-state index < -0.39 is 0 Å². The van der Waals surface area contributed by atoms with Gasteiger partial charge < -0.3 is 14.6 Å². The molecule has 0 radical (unpaired) electrons. The highest BCUT2D eigenvalue weighted by atomic mass is 16.5. The minimum atomic E-state index is -0.280. The maximum Gasteiger partial charge on any atom is 0.302 e. The number of rotatable bonds is 7. The molecule has 0 unspecified atom stereocenters. The van der Waals surface area contributed by atoms with Gasteiger partial charge in [-0.25, -0.2) is 0 Å². The predicted molar refractivity (Wildman–Crippen MR) is 68.7 cm³/mol. The highest BCUT2D eigenvalue weighted by molar-refractivity contribution is 5.65. The Kier molecular flexibility index (Phi) is 6.22. The van der Waals surface area contributed by atoms with E-state index in [1.54, 1.807) is 7.11 Å². The van der Waals surface area contributed by atoms with Crippen LogP contribution in [0, 0.1) is 0 Å². The Morgan fingerprint density at radius 2 is 2.06 bits per heavy atom. The van der Waals surface area contributed by atoms with Gasteiger partial charge in [0.25, 0.3) is 0 Å². The summed E-state index contributed by atoms with van der Waals surface area (Å²) >= 11 is 0. The van der Waals surface area contributed by atoms with E-state index in [0.717, 1.165) is 11.3 Å². The Morgan fingerprint density at radius 1 is 1.33 bits per heavy atom. The van der Waals surface area contributed by atoms with Crippen LogP contribution in [0.15, 0.2) is 24.3 Å². The first kappa shape index (κ1) is 14.5. The van der Waals surface area contributed by atoms with Gasteiger partial charge in [-0.2, -0.15) is 0 Å². The van der Waals surface area contributed by atoms with Crippen LogP contribution in [0.5, 0.6) is 5.75 Å². The number of carbonyl (C=O) groups is 1. The summed E-state index contributed by atoms with van der Waals surface area (Å²) in [4.78, 5) is 10.7. The van der Waals surface area contributed by atoms with Crippen LogP contribution in [0.25, 0.3) is 0 Å². The average molecular weight is 252 g/mol. The van der Waals surface area contributed by atoms with Crippen LogP contribution in [0.3, 0.4) is 0 Å². The van der Waals surface area contributed by atoms with Crippen molar-refractivity contribution in [2.45, 2.75) is 25.7 Å². The highest BCUT2D eigenvalue weighted by Gasteiger charge is 2.15. The fourth-order valence-electron chi connectivity index (χ4n) is 1.96. The molecule has 100 valence electrons. The molecule has 0 aliphatic heterocycles. The summed E-state index contributed by atoms with van der Waals surface area (Å²) in [5.74, 6) is 0.655. The zero-order valence-corrected chi connectivity index (χ0v) is 10.9. The second-order valence-electron chi connectivity index (χ2n) is 4.08. The molecule has 0 fully saturated rings. The number of hydrogen-bond acceptors (Lipinski definition) is 4. The monoisotopic (exact) mass is 252 g/mol. The van der Waals surface area contributed by atoms with E-state index in [1.165, 1.54) is 6.92 Å². The number of hydrogen-bond donors (Lipinski definition) is 1. The topological polar surface area (TPSA) is 55.8 Å². The zero-order valence-electron chi connectivity index (χ0n) is 10.9. The molecule has 0 aromatic heterocycles. The summed E-state index contributed by atoms with van der Waals surface area (Å²) in [5.41, 5.74) is 1.04. The third-order valence-corrected chi connectivity index (χ3v) is 2.83. The van der Waals surface area contributed by atoms with Gasteiger partial charge in [-0.15, -0.1) is 0 Å². The molecule has 0 aliphatic carbocycles. The van der Waals surface area contributed by atoms with Crippen LogP contribution in [-0.4, -0.2) is 31.4 Å². The molecule has 0 saturated heterocycles. The van der Waals surface area contributed by atoms with Gasteiger partial charge in [0, 0.05) is 13.5 Å². The van der Waals surface area contributed by atoms with Gasteiger partial charge in [0.2, 0.25) is 0 Å². The Balaban J connectivity index is 2.73. The van der Waals surface area contributed by atoms with E-state index in [-0.39, 0.29) is 18.5 Å². The van der Waals surface area contributed by atoms with Gasteiger partial charge >= 0.3 is 5.97 Å². The van der Waals surface area contributed by atoms with Crippen molar-refractivity contribution in [3.63, 3.8) is 0 Å². The van der Waals surface area contributed by atoms with E-state index in [4.69, 9.17) is 14.6 Å². The number of benzene rings is 1. The molecule has 1 aromatic rings. The second-order valence-corrected chi connectivity index (χ2v) is 4.08. The molecule has 1 atom stereocenters. The number of carbonyl (C=O) groups excluding carboxylic acids is 1. The average Bonchev–Trinajstić information content (AvgIpc) is 2.37. The number of ether oxygens (including phenoxy) is 2. The van der Waals surface area contributed by atoms with E-state index in [1.807, 2.05) is 24.3 Å². The molecule has 0 aliphatic rings. The van der Waals surface area contributed by atoms with Gasteiger partial charge in [-0.3, -0.25) is 4.79 Å². The number of aliphatic hydroxyl groups is 1. The molecule has 4 heteroatoms. The molecule has 0 bridgehead atoms. The van der Waals surface area contributed by atoms with Crippen molar-refractivity contribution in [3.05, 3.63) is 29.8 Å². The number of aliphatic hydroxyl groups excluding tert-OH is 1. The summed E-state index contributed by atoms with van der Waals surface area (Å²) in [6.45, 7) is 1.85. The van der Waals surface area contributed by atoms with Gasteiger partial charge in [-0.05, 0) is 30.4 Å². The number of methoxy groups -OCH3 is 1. The normalized spacial score (nSPS) is 11.9. The van der Waals surface area contributed by atoms with E-state index >= 15 is 0 Å². The van der Waals surface area contributed by atoms with E-state index in [9.17, 15) is 4.79 Å². The van der Waals surface area contributed by atoms with Crippen molar-refractivity contribution in [3.8, 4) is 5.75 Å². The van der Waals surface area contributed by atoms with Crippen LogP contribution in [-0.2, 0) is 9.53 Å². The lowest BCUT2D eigenvalue weighted by atomic mass is 9.92. The van der Waals surface area contributed by atoms with Crippen molar-refractivity contribution in [1.29, 1.82) is 0 Å². The summed E-state index contributed by atoms with van der Waals surface area (Å²) in [5, 5.41) is 9.12. The van der Waals surface area contributed by atoms with Gasteiger partial charge in [0.15, 0.2) is 0 Å². The maximum absolute atomic E-state index is 10.7. The summed E-state index contributed by atoms with van der Waals surface area (Å²) in [6.07, 6.45) is 1.31. The van der Waals surface area contributed by atoms with Crippen molar-refractivity contribution in [1.82, 2.24) is 0 Å². The summed E-state index contributed by atoms with van der Waals surface area (Å²) in [7, 11) is 1.63. The largest absolute Gasteiger partial charge is 0.496 e. The third-order valence-electron chi connectivity index (χ3n) is 2.83. The quantitative estimate of drug-likeness (QED) is 0.755. The van der Waals surface area contributed by atoms with Gasteiger partial charge in [-0.1, -0.05) is 18.2 Å². The molecule has 1 aromatic carbocycles. The molecule has 1 rings (SSSR count). The first-order valence-corrected chi connectivity index (χ1v) is 6.06. The van der Waals surface area contributed by atoms with Crippen LogP contribution < -0.4 is 4.74 Å². The van der Waals surface area contributed by atoms with Gasteiger partial charge in [0.1, 0.15) is 5.75 Å². The molecular formula is C14H20O4. The molecule has 0 saturated carbocycles. The molecule has 1 N–H and O–H groups in total. The van der Waals surface area contributed by atoms with Crippen molar-refractivity contribution >= 4 is 5.97 Å². The minimum Gasteiger partial charge on any atom is -0.496 e. The van der Waals surface area contributed by atoms with Gasteiger partial charge in [0.05, 0.1) is 13.7 Å². The fraction of sp³-hybridized carbons (Fsp3) is 0.500. The summed E-state index contributed by atoms with van der Waals surface area (Å²) < 4.78 is 10.3. The van der Waals surface area contributed by atoms with E-state index in [0.29, 0.717) is 19.4 Å². The van der Waals surface area contributed by atoms with Crippen LogP contribution in [0.4, 0.5) is 0 Å². The third kappa shape index (κ3) is 4.37. The molecule has 0 heterocycles. The standard InChI is InChI=1S/C14H20O4/c1-11(16)18-10-8-12(7-9-15)13-5-3-4-6-14(13)17-2/h3-6,12,15H,7-10H2,1-2H3/t12-/m0/s1. The lowest BCUT2D eigenvalue weighted by Crippen LogP contribution is -2.09. The van der Waals surface area contributed by atoms with Crippen molar-refractivity contribution in [2.75, 3.05) is 20.3 Å². The SMILES string of the molecule is COc1ccccc1[C@@H](CCO)CCOC(C)=O. The molecule has 0 spiro atoms. The fourth-order valence-corrected chi connectivity index (χ4v) is 1.96. The Bertz CT molecular complexity index is 376. The van der Waals surface area contributed by atoms with Crippen molar-refractivity contribution < 1.29 is 19.4 Å². The summed E-state index contributed by atoms with van der Waals surface area (Å²) in [6, 6.07) is 7.72. The van der Waals surface area contributed by atoms with Crippen LogP contribution >= 0.6 is 0 Å². The Labute approximate surface area is 108 Å². The Morgan fingerprint density at radius 3 is 2.67 bits per heavy atom. The molecular weight excluding hydrogens is 232 g/mol. The second kappa shape index (κ2) is 7.71. The van der Waals surface area contributed by atoms with Crippen LogP contribution in [0.1, 0.15) is 31.2 Å². The molecule has 4 nitrogen and oxygen atoms in total. The number of para-hydroxylation sites is 1. The lowest BCUT2D eigenvalue weighted by molar-refractivity contribution is -0.141. The smallest absolute Gasteiger partial charge is 0.302 e. The Hall–Kier alpha value is -1.55. The minimum absolute atomic E-state index is 0.1000. The van der Waals surface area contributed by atoms with Crippen molar-refractivity contribution in [2.24, 2.45) is 0 Å². The maximum atomic E-state index is 10.7. The first-order valence-electron chi connectivity index (χ1n) is 6.06. The van der Waals surface area contributed by atoms with E-state index in [2.05, 4.69) is 0 Å². The first-order chi connectivity index (χ1) is 8.69. The predicted octanol–water partition coefficient (Wildman–Crippen LogP) is 2.11. The number of esters is 1. The zero-order chi connectivity index (χ0) is 13.4. The molecule has 0 amide bonds. The van der Waals surface area contributed by atoms with Crippen LogP contribution in [0.2, 0.25) is 0 Å². The highest BCUT2D eigenvalue weighted by Crippen LogP contribution is 2.31.